The lowest BCUT2D eigenvalue weighted by Crippen LogP contribution is -2.54. The SMILES string of the molecule is CC[C@@H](C)NC(=O)[C@H](Cc1ccccc1)N(Cc1ccccc1Cl)C(=O)CN(c1ccccc1)S(=O)(=O)c1ccc(OC)cc1. The van der Waals surface area contributed by atoms with Crippen molar-refractivity contribution in [2.75, 3.05) is 18.0 Å². The van der Waals surface area contributed by atoms with Crippen LogP contribution < -0.4 is 14.4 Å². The standard InChI is InChI=1S/C35H38ClN3O5S/c1-4-26(2)37-35(41)33(23-27-13-7-5-8-14-27)38(24-28-15-11-12-18-32(28)36)34(40)25-39(29-16-9-6-10-17-29)45(42,43)31-21-19-30(44-3)20-22-31/h5-22,26,33H,4,23-25H2,1-3H3,(H,37,41)/t26-,33+/m1/s1. The molecular weight excluding hydrogens is 610 g/mol. The van der Waals surface area contributed by atoms with Gasteiger partial charge in [-0.3, -0.25) is 13.9 Å². The van der Waals surface area contributed by atoms with Gasteiger partial charge in [-0.25, -0.2) is 8.42 Å². The number of para-hydroxylation sites is 1. The molecule has 2 amide bonds. The van der Waals surface area contributed by atoms with Crippen LogP contribution in [0.1, 0.15) is 31.4 Å². The van der Waals surface area contributed by atoms with Gasteiger partial charge in [0.1, 0.15) is 18.3 Å². The van der Waals surface area contributed by atoms with Gasteiger partial charge in [-0.2, -0.15) is 0 Å². The number of methoxy groups -OCH3 is 1. The molecule has 0 saturated heterocycles. The van der Waals surface area contributed by atoms with Crippen LogP contribution in [0.15, 0.2) is 114 Å². The zero-order valence-corrected chi connectivity index (χ0v) is 27.2. The van der Waals surface area contributed by atoms with E-state index in [1.807, 2.05) is 44.2 Å². The molecule has 0 spiro atoms. The van der Waals surface area contributed by atoms with Crippen molar-refractivity contribution in [1.29, 1.82) is 0 Å². The fraction of sp³-hybridized carbons (Fsp3) is 0.257. The summed E-state index contributed by atoms with van der Waals surface area (Å²) in [5.41, 5.74) is 1.79. The summed E-state index contributed by atoms with van der Waals surface area (Å²) >= 11 is 6.55. The van der Waals surface area contributed by atoms with Gasteiger partial charge in [0.05, 0.1) is 17.7 Å². The molecule has 0 aliphatic heterocycles. The quantitative estimate of drug-likeness (QED) is 0.179. The Morgan fingerprint density at radius 1 is 0.867 bits per heavy atom. The first-order valence-electron chi connectivity index (χ1n) is 14.7. The van der Waals surface area contributed by atoms with E-state index >= 15 is 0 Å². The van der Waals surface area contributed by atoms with Crippen molar-refractivity contribution in [3.63, 3.8) is 0 Å². The van der Waals surface area contributed by atoms with E-state index < -0.39 is 28.5 Å². The minimum absolute atomic E-state index is 0.00482. The Morgan fingerprint density at radius 2 is 1.47 bits per heavy atom. The summed E-state index contributed by atoms with van der Waals surface area (Å²) in [5, 5.41) is 3.46. The number of sulfonamides is 1. The highest BCUT2D eigenvalue weighted by Crippen LogP contribution is 2.27. The Labute approximate surface area is 270 Å². The third-order valence-corrected chi connectivity index (χ3v) is 9.70. The Bertz CT molecular complexity index is 1670. The van der Waals surface area contributed by atoms with E-state index in [0.717, 1.165) is 9.87 Å². The van der Waals surface area contributed by atoms with Gasteiger partial charge in [0.2, 0.25) is 11.8 Å². The summed E-state index contributed by atoms with van der Waals surface area (Å²) in [6.45, 7) is 3.31. The number of nitrogens with one attached hydrogen (secondary N) is 1. The predicted molar refractivity (Wildman–Crippen MR) is 178 cm³/mol. The molecule has 4 rings (SSSR count). The Kier molecular flexibility index (Phi) is 11.6. The number of amides is 2. The van der Waals surface area contributed by atoms with Gasteiger partial charge in [0, 0.05) is 24.0 Å². The van der Waals surface area contributed by atoms with Gasteiger partial charge < -0.3 is 15.0 Å². The van der Waals surface area contributed by atoms with Crippen molar-refractivity contribution in [2.45, 2.75) is 50.2 Å². The van der Waals surface area contributed by atoms with Crippen molar-refractivity contribution in [2.24, 2.45) is 0 Å². The molecule has 45 heavy (non-hydrogen) atoms. The molecule has 4 aromatic carbocycles. The zero-order valence-electron chi connectivity index (χ0n) is 25.6. The van der Waals surface area contributed by atoms with E-state index in [2.05, 4.69) is 5.32 Å². The van der Waals surface area contributed by atoms with E-state index in [-0.39, 0.29) is 29.8 Å². The zero-order chi connectivity index (χ0) is 32.4. The van der Waals surface area contributed by atoms with E-state index in [1.54, 1.807) is 66.7 Å². The van der Waals surface area contributed by atoms with Gasteiger partial charge >= 0.3 is 0 Å². The van der Waals surface area contributed by atoms with E-state index in [1.165, 1.54) is 24.1 Å². The lowest BCUT2D eigenvalue weighted by molar-refractivity contribution is -0.140. The molecule has 10 heteroatoms. The molecule has 0 bridgehead atoms. The van der Waals surface area contributed by atoms with E-state index in [9.17, 15) is 18.0 Å². The van der Waals surface area contributed by atoms with Crippen LogP contribution >= 0.6 is 11.6 Å². The third-order valence-electron chi connectivity index (χ3n) is 7.54. The van der Waals surface area contributed by atoms with Gasteiger partial charge in [-0.15, -0.1) is 0 Å². The molecule has 8 nitrogen and oxygen atoms in total. The molecule has 2 atom stereocenters. The average Bonchev–Trinajstić information content (AvgIpc) is 3.06. The number of ether oxygens (including phenoxy) is 1. The second kappa shape index (κ2) is 15.6. The minimum Gasteiger partial charge on any atom is -0.497 e. The molecule has 0 aliphatic rings. The topological polar surface area (TPSA) is 96.0 Å². The number of hydrogen-bond acceptors (Lipinski definition) is 5. The molecular formula is C35H38ClN3O5S. The number of benzene rings is 4. The summed E-state index contributed by atoms with van der Waals surface area (Å²) in [6, 6.07) is 29.8. The summed E-state index contributed by atoms with van der Waals surface area (Å²) in [6.07, 6.45) is 0.917. The first-order valence-corrected chi connectivity index (χ1v) is 16.5. The van der Waals surface area contributed by atoms with Gasteiger partial charge in [-0.1, -0.05) is 85.3 Å². The van der Waals surface area contributed by atoms with Gasteiger partial charge in [-0.05, 0) is 66.9 Å². The van der Waals surface area contributed by atoms with Crippen molar-refractivity contribution in [3.8, 4) is 5.75 Å². The van der Waals surface area contributed by atoms with Crippen LogP contribution in [0.4, 0.5) is 5.69 Å². The smallest absolute Gasteiger partial charge is 0.264 e. The predicted octanol–water partition coefficient (Wildman–Crippen LogP) is 6.10. The molecule has 236 valence electrons. The Balaban J connectivity index is 1.79. The number of carbonyl (C=O) groups is 2. The van der Waals surface area contributed by atoms with Gasteiger partial charge in [0.25, 0.3) is 10.0 Å². The Hall–Kier alpha value is -4.34. The third kappa shape index (κ3) is 8.65. The van der Waals surface area contributed by atoms with Crippen LogP contribution in [0.2, 0.25) is 5.02 Å². The first kappa shape index (κ1) is 33.6. The first-order chi connectivity index (χ1) is 21.6. The number of halogens is 1. The van der Waals surface area contributed by atoms with Crippen LogP contribution in [0.5, 0.6) is 5.75 Å². The maximum atomic E-state index is 14.5. The molecule has 1 N–H and O–H groups in total. The van der Waals surface area contributed by atoms with Crippen LogP contribution in [0.25, 0.3) is 0 Å². The summed E-state index contributed by atoms with van der Waals surface area (Å²) in [5.74, 6) is -0.396. The molecule has 0 aliphatic carbocycles. The Morgan fingerprint density at radius 3 is 2.07 bits per heavy atom. The number of carbonyl (C=O) groups excluding carboxylic acids is 2. The summed E-state index contributed by atoms with van der Waals surface area (Å²) < 4.78 is 34.5. The molecule has 0 unspecified atom stereocenters. The van der Waals surface area contributed by atoms with E-state index in [0.29, 0.717) is 28.4 Å². The molecule has 0 heterocycles. The van der Waals surface area contributed by atoms with Crippen LogP contribution in [0, 0.1) is 0 Å². The normalized spacial score (nSPS) is 12.5. The molecule has 0 aromatic heterocycles. The fourth-order valence-corrected chi connectivity index (χ4v) is 6.41. The number of rotatable bonds is 14. The number of nitrogens with zero attached hydrogens (tertiary/aromatic N) is 2. The molecule has 0 saturated carbocycles. The summed E-state index contributed by atoms with van der Waals surface area (Å²) in [7, 11) is -2.72. The molecule has 0 fully saturated rings. The second-order valence-corrected chi connectivity index (χ2v) is 12.9. The van der Waals surface area contributed by atoms with Crippen molar-refractivity contribution < 1.29 is 22.7 Å². The number of anilines is 1. The maximum absolute atomic E-state index is 14.5. The minimum atomic E-state index is -4.21. The van der Waals surface area contributed by atoms with Crippen LogP contribution in [0.3, 0.4) is 0 Å². The fourth-order valence-electron chi connectivity index (χ4n) is 4.80. The van der Waals surface area contributed by atoms with Crippen LogP contribution in [-0.2, 0) is 32.6 Å². The highest BCUT2D eigenvalue weighted by molar-refractivity contribution is 7.92. The largest absolute Gasteiger partial charge is 0.497 e. The molecule has 4 aromatic rings. The lowest BCUT2D eigenvalue weighted by Gasteiger charge is -2.34. The van der Waals surface area contributed by atoms with Crippen molar-refractivity contribution in [1.82, 2.24) is 10.2 Å². The van der Waals surface area contributed by atoms with Gasteiger partial charge in [0.15, 0.2) is 0 Å². The highest BCUT2D eigenvalue weighted by Gasteiger charge is 2.35. The van der Waals surface area contributed by atoms with Crippen LogP contribution in [-0.4, -0.2) is 50.9 Å². The van der Waals surface area contributed by atoms with Crippen molar-refractivity contribution in [3.05, 3.63) is 125 Å². The average molecular weight is 648 g/mol. The van der Waals surface area contributed by atoms with E-state index in [4.69, 9.17) is 16.3 Å². The monoisotopic (exact) mass is 647 g/mol. The lowest BCUT2D eigenvalue weighted by atomic mass is 10.0. The summed E-state index contributed by atoms with van der Waals surface area (Å²) in [4.78, 5) is 29.8. The highest BCUT2D eigenvalue weighted by atomic mass is 35.5. The maximum Gasteiger partial charge on any atom is 0.264 e. The second-order valence-electron chi connectivity index (χ2n) is 10.7. The van der Waals surface area contributed by atoms with Crippen molar-refractivity contribution >= 4 is 39.1 Å². The number of hydrogen-bond donors (Lipinski definition) is 1. The molecule has 0 radical (unpaired) electrons.